The van der Waals surface area contributed by atoms with E-state index in [0.29, 0.717) is 22.2 Å². The van der Waals surface area contributed by atoms with Gasteiger partial charge in [-0.1, -0.05) is 23.2 Å². The molecule has 1 N–H and O–H groups in total. The molecule has 1 aromatic carbocycles. The SMILES string of the molecule is O=C(NCc1ccncc1)c1ccc(Cl)cc1Cl. The van der Waals surface area contributed by atoms with Gasteiger partial charge < -0.3 is 5.32 Å². The second-order valence-electron chi connectivity index (χ2n) is 3.66. The van der Waals surface area contributed by atoms with Crippen LogP contribution in [0.5, 0.6) is 0 Å². The number of carbonyl (C=O) groups is 1. The monoisotopic (exact) mass is 280 g/mol. The van der Waals surface area contributed by atoms with E-state index in [2.05, 4.69) is 10.3 Å². The van der Waals surface area contributed by atoms with E-state index in [4.69, 9.17) is 23.2 Å². The van der Waals surface area contributed by atoms with Gasteiger partial charge in [-0.15, -0.1) is 0 Å². The number of hydrogen-bond acceptors (Lipinski definition) is 2. The fourth-order valence-corrected chi connectivity index (χ4v) is 1.95. The summed E-state index contributed by atoms with van der Waals surface area (Å²) in [5.74, 6) is -0.228. The first-order valence-electron chi connectivity index (χ1n) is 5.29. The van der Waals surface area contributed by atoms with Gasteiger partial charge in [-0.05, 0) is 35.9 Å². The highest BCUT2D eigenvalue weighted by Crippen LogP contribution is 2.20. The van der Waals surface area contributed by atoms with Gasteiger partial charge >= 0.3 is 0 Å². The summed E-state index contributed by atoms with van der Waals surface area (Å²) in [5, 5.41) is 3.63. The molecule has 0 spiro atoms. The maximum atomic E-state index is 11.9. The lowest BCUT2D eigenvalue weighted by Crippen LogP contribution is -2.23. The quantitative estimate of drug-likeness (QED) is 0.937. The van der Waals surface area contributed by atoms with E-state index in [1.807, 2.05) is 12.1 Å². The van der Waals surface area contributed by atoms with Gasteiger partial charge in [0.05, 0.1) is 10.6 Å². The molecule has 0 radical (unpaired) electrons. The number of aromatic nitrogens is 1. The van der Waals surface area contributed by atoms with Crippen molar-refractivity contribution < 1.29 is 4.79 Å². The molecule has 0 bridgehead atoms. The summed E-state index contributed by atoms with van der Waals surface area (Å²) < 4.78 is 0. The standard InChI is InChI=1S/C13H10Cl2N2O/c14-10-1-2-11(12(15)7-10)13(18)17-8-9-3-5-16-6-4-9/h1-7H,8H2,(H,17,18). The zero-order valence-corrected chi connectivity index (χ0v) is 10.9. The molecule has 18 heavy (non-hydrogen) atoms. The molecule has 0 atom stereocenters. The minimum atomic E-state index is -0.228. The minimum absolute atomic E-state index is 0.228. The number of pyridine rings is 1. The molecular formula is C13H10Cl2N2O. The third-order valence-corrected chi connectivity index (χ3v) is 2.93. The highest BCUT2D eigenvalue weighted by atomic mass is 35.5. The lowest BCUT2D eigenvalue weighted by molar-refractivity contribution is 0.0951. The molecule has 1 amide bonds. The van der Waals surface area contributed by atoms with E-state index in [1.165, 1.54) is 0 Å². The Labute approximate surface area is 115 Å². The molecule has 3 nitrogen and oxygen atoms in total. The molecule has 0 aliphatic rings. The second-order valence-corrected chi connectivity index (χ2v) is 4.51. The van der Waals surface area contributed by atoms with Crippen molar-refractivity contribution in [3.8, 4) is 0 Å². The van der Waals surface area contributed by atoms with Gasteiger partial charge in [-0.2, -0.15) is 0 Å². The van der Waals surface area contributed by atoms with Gasteiger partial charge in [0.1, 0.15) is 0 Å². The molecule has 0 unspecified atom stereocenters. The lowest BCUT2D eigenvalue weighted by atomic mass is 10.2. The number of halogens is 2. The Kier molecular flexibility index (Phi) is 4.18. The van der Waals surface area contributed by atoms with Crippen LogP contribution >= 0.6 is 23.2 Å². The average Bonchev–Trinajstić information content (AvgIpc) is 2.37. The second kappa shape index (κ2) is 5.85. The fraction of sp³-hybridized carbons (Fsp3) is 0.0769. The minimum Gasteiger partial charge on any atom is -0.348 e. The number of hydrogen-bond donors (Lipinski definition) is 1. The Morgan fingerprint density at radius 3 is 2.56 bits per heavy atom. The van der Waals surface area contributed by atoms with Crippen LogP contribution < -0.4 is 5.32 Å². The number of amides is 1. The zero-order valence-electron chi connectivity index (χ0n) is 9.36. The van der Waals surface area contributed by atoms with Crippen molar-refractivity contribution in [1.82, 2.24) is 10.3 Å². The van der Waals surface area contributed by atoms with Gasteiger partial charge in [0, 0.05) is 24.0 Å². The predicted molar refractivity (Wildman–Crippen MR) is 71.9 cm³/mol. The van der Waals surface area contributed by atoms with Crippen LogP contribution in [0.1, 0.15) is 15.9 Å². The van der Waals surface area contributed by atoms with Gasteiger partial charge in [-0.25, -0.2) is 0 Å². The van der Waals surface area contributed by atoms with Gasteiger partial charge in [0.25, 0.3) is 5.91 Å². The summed E-state index contributed by atoms with van der Waals surface area (Å²) in [5.41, 5.74) is 1.39. The third-order valence-electron chi connectivity index (χ3n) is 2.38. The molecule has 92 valence electrons. The molecule has 2 rings (SSSR count). The maximum Gasteiger partial charge on any atom is 0.253 e. The molecular weight excluding hydrogens is 271 g/mol. The highest BCUT2D eigenvalue weighted by molar-refractivity contribution is 6.36. The largest absolute Gasteiger partial charge is 0.348 e. The smallest absolute Gasteiger partial charge is 0.253 e. The summed E-state index contributed by atoms with van der Waals surface area (Å²) in [6, 6.07) is 8.46. The van der Waals surface area contributed by atoms with E-state index in [0.717, 1.165) is 5.56 Å². The molecule has 5 heteroatoms. The van der Waals surface area contributed by atoms with Crippen LogP contribution in [-0.4, -0.2) is 10.9 Å². The van der Waals surface area contributed by atoms with E-state index in [1.54, 1.807) is 30.6 Å². The Hall–Kier alpha value is -1.58. The van der Waals surface area contributed by atoms with Crippen molar-refractivity contribution in [2.24, 2.45) is 0 Å². The Balaban J connectivity index is 2.04. The predicted octanol–water partition coefficient (Wildman–Crippen LogP) is 3.32. The summed E-state index contributed by atoms with van der Waals surface area (Å²) in [6.07, 6.45) is 3.35. The number of rotatable bonds is 3. The lowest BCUT2D eigenvalue weighted by Gasteiger charge is -2.06. The fourth-order valence-electron chi connectivity index (χ4n) is 1.45. The Morgan fingerprint density at radius 1 is 1.17 bits per heavy atom. The van der Waals surface area contributed by atoms with Crippen LogP contribution in [0.2, 0.25) is 10.0 Å². The van der Waals surface area contributed by atoms with Crippen molar-refractivity contribution >= 4 is 29.1 Å². The highest BCUT2D eigenvalue weighted by Gasteiger charge is 2.10. The normalized spacial score (nSPS) is 10.1. The molecule has 0 fully saturated rings. The summed E-state index contributed by atoms with van der Waals surface area (Å²) >= 11 is 11.7. The van der Waals surface area contributed by atoms with Gasteiger partial charge in [0.15, 0.2) is 0 Å². The molecule has 0 saturated carbocycles. The van der Waals surface area contributed by atoms with Gasteiger partial charge in [0.2, 0.25) is 0 Å². The summed E-state index contributed by atoms with van der Waals surface area (Å²) in [4.78, 5) is 15.8. The first-order valence-corrected chi connectivity index (χ1v) is 6.04. The van der Waals surface area contributed by atoms with E-state index in [9.17, 15) is 4.79 Å². The van der Waals surface area contributed by atoms with Crippen molar-refractivity contribution in [1.29, 1.82) is 0 Å². The molecule has 1 heterocycles. The number of carbonyl (C=O) groups excluding carboxylic acids is 1. The zero-order chi connectivity index (χ0) is 13.0. The van der Waals surface area contributed by atoms with E-state index in [-0.39, 0.29) is 5.91 Å². The van der Waals surface area contributed by atoms with Crippen molar-refractivity contribution in [3.63, 3.8) is 0 Å². The maximum absolute atomic E-state index is 11.9. The van der Waals surface area contributed by atoms with Crippen LogP contribution in [0, 0.1) is 0 Å². The number of nitrogens with zero attached hydrogens (tertiary/aromatic N) is 1. The van der Waals surface area contributed by atoms with Crippen molar-refractivity contribution in [2.75, 3.05) is 0 Å². The number of nitrogens with one attached hydrogen (secondary N) is 1. The third kappa shape index (κ3) is 3.22. The Bertz CT molecular complexity index is 558. The molecule has 1 aromatic heterocycles. The van der Waals surface area contributed by atoms with Crippen LogP contribution in [0.3, 0.4) is 0 Å². The first kappa shape index (κ1) is 12.9. The van der Waals surface area contributed by atoms with Crippen molar-refractivity contribution in [3.05, 3.63) is 63.9 Å². The van der Waals surface area contributed by atoms with Crippen LogP contribution in [0.4, 0.5) is 0 Å². The number of benzene rings is 1. The molecule has 0 aliphatic heterocycles. The average molecular weight is 281 g/mol. The van der Waals surface area contributed by atoms with Crippen molar-refractivity contribution in [2.45, 2.75) is 6.54 Å². The molecule has 2 aromatic rings. The van der Waals surface area contributed by atoms with Crippen LogP contribution in [0.15, 0.2) is 42.7 Å². The molecule has 0 saturated heterocycles. The summed E-state index contributed by atoms with van der Waals surface area (Å²) in [6.45, 7) is 0.431. The Morgan fingerprint density at radius 2 is 1.89 bits per heavy atom. The molecule has 0 aliphatic carbocycles. The van der Waals surface area contributed by atoms with E-state index >= 15 is 0 Å². The van der Waals surface area contributed by atoms with E-state index < -0.39 is 0 Å². The van der Waals surface area contributed by atoms with Gasteiger partial charge in [-0.3, -0.25) is 9.78 Å². The van der Waals surface area contributed by atoms with Crippen LogP contribution in [-0.2, 0) is 6.54 Å². The first-order chi connectivity index (χ1) is 8.66. The summed E-state index contributed by atoms with van der Waals surface area (Å²) in [7, 11) is 0. The van der Waals surface area contributed by atoms with Crippen LogP contribution in [0.25, 0.3) is 0 Å². The topological polar surface area (TPSA) is 42.0 Å².